The van der Waals surface area contributed by atoms with Gasteiger partial charge >= 0.3 is 6.18 Å². The zero-order valence-electron chi connectivity index (χ0n) is 11.8. The molecule has 1 amide bonds. The molecule has 0 bridgehead atoms. The summed E-state index contributed by atoms with van der Waals surface area (Å²) < 4.78 is 40.0. The minimum atomic E-state index is -4.33. The number of fused-ring (bicyclic) bond motifs is 1. The smallest absolute Gasteiger partial charge is 0.370 e. The zero-order chi connectivity index (χ0) is 15.3. The van der Waals surface area contributed by atoms with Gasteiger partial charge in [-0.3, -0.25) is 4.79 Å². The molecular formula is C14H18ClF3N2O2. The molecule has 1 aromatic rings. The lowest BCUT2D eigenvalue weighted by molar-refractivity contribution is -0.173. The highest BCUT2D eigenvalue weighted by Crippen LogP contribution is 2.16. The van der Waals surface area contributed by atoms with Crippen molar-refractivity contribution in [2.24, 2.45) is 0 Å². The highest BCUT2D eigenvalue weighted by molar-refractivity contribution is 5.85. The molecule has 2 rings (SSSR count). The number of amides is 1. The van der Waals surface area contributed by atoms with E-state index in [4.69, 9.17) is 0 Å². The van der Waals surface area contributed by atoms with Crippen LogP contribution in [0.2, 0.25) is 0 Å². The average molecular weight is 339 g/mol. The summed E-state index contributed by atoms with van der Waals surface area (Å²) in [6, 6.07) is 7.48. The van der Waals surface area contributed by atoms with Gasteiger partial charge in [0.2, 0.25) is 5.91 Å². The molecule has 22 heavy (non-hydrogen) atoms. The van der Waals surface area contributed by atoms with E-state index in [2.05, 4.69) is 15.4 Å². The largest absolute Gasteiger partial charge is 0.411 e. The van der Waals surface area contributed by atoms with E-state index in [0.29, 0.717) is 13.0 Å². The number of carbonyl (C=O) groups excluding carboxylic acids is 1. The van der Waals surface area contributed by atoms with Gasteiger partial charge in [-0.05, 0) is 17.5 Å². The van der Waals surface area contributed by atoms with Gasteiger partial charge in [0, 0.05) is 13.1 Å². The fourth-order valence-corrected chi connectivity index (χ4v) is 2.20. The summed E-state index contributed by atoms with van der Waals surface area (Å²) in [5, 5.41) is 5.68. The molecule has 2 N–H and O–H groups in total. The molecule has 124 valence electrons. The molecule has 0 aromatic heterocycles. The maximum atomic E-state index is 11.9. The Morgan fingerprint density at radius 1 is 1.32 bits per heavy atom. The van der Waals surface area contributed by atoms with Gasteiger partial charge in [0.05, 0.1) is 12.6 Å². The Hall–Kier alpha value is -1.31. The van der Waals surface area contributed by atoms with Gasteiger partial charge in [0.1, 0.15) is 6.61 Å². The van der Waals surface area contributed by atoms with E-state index in [-0.39, 0.29) is 37.5 Å². The molecule has 1 aliphatic rings. The monoisotopic (exact) mass is 338 g/mol. The van der Waals surface area contributed by atoms with Crippen molar-refractivity contribution in [3.05, 3.63) is 35.4 Å². The number of carbonyl (C=O) groups is 1. The molecule has 0 radical (unpaired) electrons. The molecule has 1 heterocycles. The summed E-state index contributed by atoms with van der Waals surface area (Å²) in [6.45, 7) is -0.778. The first-order chi connectivity index (χ1) is 9.96. The molecule has 0 aliphatic carbocycles. The quantitative estimate of drug-likeness (QED) is 0.805. The highest BCUT2D eigenvalue weighted by atomic mass is 35.5. The lowest BCUT2D eigenvalue weighted by atomic mass is 9.95. The second-order valence-corrected chi connectivity index (χ2v) is 4.87. The summed E-state index contributed by atoms with van der Waals surface area (Å²) in [5.74, 6) is -0.222. The van der Waals surface area contributed by atoms with Crippen molar-refractivity contribution in [3.63, 3.8) is 0 Å². The van der Waals surface area contributed by atoms with Crippen molar-refractivity contribution in [1.29, 1.82) is 0 Å². The Morgan fingerprint density at radius 2 is 2.00 bits per heavy atom. The van der Waals surface area contributed by atoms with Gasteiger partial charge in [-0.1, -0.05) is 24.3 Å². The predicted octanol–water partition coefficient (Wildman–Crippen LogP) is 1.82. The number of ether oxygens (including phenoxy) is 1. The van der Waals surface area contributed by atoms with Crippen LogP contribution in [0.3, 0.4) is 0 Å². The van der Waals surface area contributed by atoms with Crippen LogP contribution >= 0.6 is 12.4 Å². The van der Waals surface area contributed by atoms with Crippen LogP contribution in [0.25, 0.3) is 0 Å². The third-order valence-electron chi connectivity index (χ3n) is 3.21. The second kappa shape index (κ2) is 8.36. The number of rotatable bonds is 5. The van der Waals surface area contributed by atoms with Gasteiger partial charge in [0.15, 0.2) is 0 Å². The zero-order valence-corrected chi connectivity index (χ0v) is 12.6. The third-order valence-corrected chi connectivity index (χ3v) is 3.21. The number of nitrogens with one attached hydrogen (secondary N) is 2. The van der Waals surface area contributed by atoms with E-state index in [1.54, 1.807) is 0 Å². The molecular weight excluding hydrogens is 321 g/mol. The Morgan fingerprint density at radius 3 is 2.68 bits per heavy atom. The SMILES string of the molecule is Cl.O=C(NCCOCC(F)(F)F)C1Cc2ccccc2CN1. The molecule has 1 aromatic carbocycles. The Kier molecular flexibility index (Phi) is 7.12. The average Bonchev–Trinajstić information content (AvgIpc) is 2.45. The van der Waals surface area contributed by atoms with Crippen LogP contribution in [0.1, 0.15) is 11.1 Å². The van der Waals surface area contributed by atoms with Crippen LogP contribution in [-0.4, -0.2) is 37.9 Å². The van der Waals surface area contributed by atoms with Crippen LogP contribution in [-0.2, 0) is 22.5 Å². The molecule has 1 unspecified atom stereocenters. The third kappa shape index (κ3) is 5.82. The fourth-order valence-electron chi connectivity index (χ4n) is 2.20. The topological polar surface area (TPSA) is 50.4 Å². The van der Waals surface area contributed by atoms with Crippen molar-refractivity contribution < 1.29 is 22.7 Å². The number of benzene rings is 1. The lowest BCUT2D eigenvalue weighted by Gasteiger charge is -2.25. The van der Waals surface area contributed by atoms with Crippen molar-refractivity contribution in [1.82, 2.24) is 10.6 Å². The van der Waals surface area contributed by atoms with Crippen LogP contribution < -0.4 is 10.6 Å². The first-order valence-electron chi connectivity index (χ1n) is 6.68. The van der Waals surface area contributed by atoms with Gasteiger partial charge < -0.3 is 15.4 Å². The maximum absolute atomic E-state index is 11.9. The Balaban J connectivity index is 0.00000242. The highest BCUT2D eigenvalue weighted by Gasteiger charge is 2.27. The summed E-state index contributed by atoms with van der Waals surface area (Å²) in [5.41, 5.74) is 2.28. The molecule has 1 atom stereocenters. The lowest BCUT2D eigenvalue weighted by Crippen LogP contribution is -2.48. The van der Waals surface area contributed by atoms with E-state index in [9.17, 15) is 18.0 Å². The molecule has 4 nitrogen and oxygen atoms in total. The Labute approximate surface area is 132 Å². The maximum Gasteiger partial charge on any atom is 0.411 e. The number of hydrogen-bond donors (Lipinski definition) is 2. The molecule has 0 saturated heterocycles. The molecule has 8 heteroatoms. The van der Waals surface area contributed by atoms with Crippen LogP contribution in [0, 0.1) is 0 Å². The summed E-state index contributed by atoms with van der Waals surface area (Å²) in [6.07, 6.45) is -3.76. The minimum Gasteiger partial charge on any atom is -0.370 e. The van der Waals surface area contributed by atoms with Gasteiger partial charge in [0.25, 0.3) is 0 Å². The van der Waals surface area contributed by atoms with Gasteiger partial charge in [-0.25, -0.2) is 0 Å². The van der Waals surface area contributed by atoms with Gasteiger partial charge in [-0.15, -0.1) is 12.4 Å². The van der Waals surface area contributed by atoms with Crippen LogP contribution in [0.15, 0.2) is 24.3 Å². The minimum absolute atomic E-state index is 0. The number of halogens is 4. The van der Waals surface area contributed by atoms with E-state index >= 15 is 0 Å². The summed E-state index contributed by atoms with van der Waals surface area (Å²) in [7, 11) is 0. The second-order valence-electron chi connectivity index (χ2n) is 4.87. The van der Waals surface area contributed by atoms with E-state index < -0.39 is 12.8 Å². The molecule has 0 saturated carbocycles. The first-order valence-corrected chi connectivity index (χ1v) is 6.68. The van der Waals surface area contributed by atoms with Crippen LogP contribution in [0.5, 0.6) is 0 Å². The summed E-state index contributed by atoms with van der Waals surface area (Å²) >= 11 is 0. The predicted molar refractivity (Wildman–Crippen MR) is 77.9 cm³/mol. The van der Waals surface area contributed by atoms with Crippen molar-refractivity contribution in [3.8, 4) is 0 Å². The fraction of sp³-hybridized carbons (Fsp3) is 0.500. The normalized spacial score (nSPS) is 17.3. The summed E-state index contributed by atoms with van der Waals surface area (Å²) in [4.78, 5) is 11.9. The molecule has 1 aliphatic heterocycles. The Bertz CT molecular complexity index is 497. The van der Waals surface area contributed by atoms with E-state index in [1.165, 1.54) is 0 Å². The van der Waals surface area contributed by atoms with Crippen LogP contribution in [0.4, 0.5) is 13.2 Å². The van der Waals surface area contributed by atoms with E-state index in [0.717, 1.165) is 11.1 Å². The van der Waals surface area contributed by atoms with Crippen molar-refractivity contribution in [2.75, 3.05) is 19.8 Å². The standard InChI is InChI=1S/C14H17F3N2O2.ClH/c15-14(16,17)9-21-6-5-18-13(20)12-7-10-3-1-2-4-11(10)8-19-12;/h1-4,12,19H,5-9H2,(H,18,20);1H. The number of alkyl halides is 3. The number of hydrogen-bond acceptors (Lipinski definition) is 3. The molecule has 0 fully saturated rings. The molecule has 0 spiro atoms. The van der Waals surface area contributed by atoms with E-state index in [1.807, 2.05) is 24.3 Å². The van der Waals surface area contributed by atoms with Crippen molar-refractivity contribution in [2.45, 2.75) is 25.2 Å². The first kappa shape index (κ1) is 18.7. The van der Waals surface area contributed by atoms with Gasteiger partial charge in [-0.2, -0.15) is 13.2 Å². The van der Waals surface area contributed by atoms with Crippen molar-refractivity contribution >= 4 is 18.3 Å².